The van der Waals surface area contributed by atoms with Crippen molar-refractivity contribution in [1.82, 2.24) is 9.97 Å². The van der Waals surface area contributed by atoms with Crippen LogP contribution >= 0.6 is 0 Å². The maximum atomic E-state index is 5.14. The molecule has 0 unspecified atom stereocenters. The van der Waals surface area contributed by atoms with Crippen LogP contribution in [0.25, 0.3) is 77.0 Å². The van der Waals surface area contributed by atoms with E-state index in [9.17, 15) is 0 Å². The van der Waals surface area contributed by atoms with Gasteiger partial charge in [-0.1, -0.05) is 123 Å². The first-order valence-corrected chi connectivity index (χ1v) is 14.9. The minimum atomic E-state index is -0.140. The second-order valence-electron chi connectivity index (χ2n) is 12.2. The highest BCUT2D eigenvalue weighted by Crippen LogP contribution is 2.55. The number of rotatable bonds is 2. The van der Waals surface area contributed by atoms with E-state index in [-0.39, 0.29) is 5.41 Å². The average molecular weight is 549 g/mol. The smallest absolute Gasteiger partial charge is 0.160 e. The van der Waals surface area contributed by atoms with E-state index in [1.165, 1.54) is 54.6 Å². The molecule has 43 heavy (non-hydrogen) atoms. The number of hydrogen-bond donors (Lipinski definition) is 0. The molecule has 9 rings (SSSR count). The predicted molar refractivity (Wildman–Crippen MR) is 180 cm³/mol. The summed E-state index contributed by atoms with van der Waals surface area (Å²) in [7, 11) is 0. The van der Waals surface area contributed by atoms with E-state index in [4.69, 9.17) is 9.97 Å². The van der Waals surface area contributed by atoms with Gasteiger partial charge in [0, 0.05) is 21.9 Å². The van der Waals surface area contributed by atoms with Gasteiger partial charge >= 0.3 is 0 Å². The molecule has 0 spiro atoms. The van der Waals surface area contributed by atoms with Gasteiger partial charge in [-0.2, -0.15) is 0 Å². The number of fused-ring (bicyclic) bond motifs is 10. The normalized spacial score (nSPS) is 13.5. The fourth-order valence-electron chi connectivity index (χ4n) is 7.39. The van der Waals surface area contributed by atoms with Gasteiger partial charge in [-0.3, -0.25) is 0 Å². The molecule has 7 aromatic carbocycles. The molecule has 0 saturated carbocycles. The number of benzene rings is 7. The minimum Gasteiger partial charge on any atom is -0.228 e. The minimum absolute atomic E-state index is 0.140. The van der Waals surface area contributed by atoms with E-state index < -0.39 is 0 Å². The SMILES string of the molecule is CC1(C)c2cc3cc(-c4nc(-c5ccccc5)c5ccccc5n4)ccc3cc2-c2c1c1ccccc1c1ccccc21. The van der Waals surface area contributed by atoms with Crippen molar-refractivity contribution >= 4 is 43.2 Å². The Morgan fingerprint density at radius 1 is 0.488 bits per heavy atom. The van der Waals surface area contributed by atoms with Gasteiger partial charge in [0.1, 0.15) is 0 Å². The highest BCUT2D eigenvalue weighted by molar-refractivity contribution is 6.19. The van der Waals surface area contributed by atoms with Crippen molar-refractivity contribution in [1.29, 1.82) is 0 Å². The Morgan fingerprint density at radius 3 is 1.93 bits per heavy atom. The Hall–Kier alpha value is -5.34. The van der Waals surface area contributed by atoms with E-state index in [2.05, 4.69) is 135 Å². The Balaban J connectivity index is 1.27. The third-order valence-corrected chi connectivity index (χ3v) is 9.39. The molecular formula is C41H28N2. The monoisotopic (exact) mass is 548 g/mol. The van der Waals surface area contributed by atoms with Gasteiger partial charge in [-0.05, 0) is 78.8 Å². The van der Waals surface area contributed by atoms with Crippen molar-refractivity contribution in [3.63, 3.8) is 0 Å². The molecule has 2 heteroatoms. The summed E-state index contributed by atoms with van der Waals surface area (Å²) in [6.45, 7) is 4.76. The van der Waals surface area contributed by atoms with Crippen LogP contribution in [0.2, 0.25) is 0 Å². The topological polar surface area (TPSA) is 25.8 Å². The second-order valence-corrected chi connectivity index (χ2v) is 12.2. The summed E-state index contributed by atoms with van der Waals surface area (Å²) in [5.74, 6) is 0.750. The van der Waals surface area contributed by atoms with E-state index >= 15 is 0 Å². The number of aromatic nitrogens is 2. The summed E-state index contributed by atoms with van der Waals surface area (Å²) in [4.78, 5) is 10.2. The molecule has 0 fully saturated rings. The summed E-state index contributed by atoms with van der Waals surface area (Å²) in [5, 5.41) is 8.83. The molecule has 202 valence electrons. The third-order valence-electron chi connectivity index (χ3n) is 9.39. The van der Waals surface area contributed by atoms with Crippen LogP contribution in [0, 0.1) is 0 Å². The summed E-state index contributed by atoms with van der Waals surface area (Å²) >= 11 is 0. The van der Waals surface area contributed by atoms with Crippen LogP contribution in [0.5, 0.6) is 0 Å². The predicted octanol–water partition coefficient (Wildman–Crippen LogP) is 10.7. The lowest BCUT2D eigenvalue weighted by molar-refractivity contribution is 0.667. The van der Waals surface area contributed by atoms with Crippen LogP contribution in [-0.4, -0.2) is 9.97 Å². The molecule has 0 saturated heterocycles. The van der Waals surface area contributed by atoms with E-state index in [0.717, 1.165) is 33.5 Å². The van der Waals surface area contributed by atoms with E-state index in [0.29, 0.717) is 0 Å². The van der Waals surface area contributed by atoms with Gasteiger partial charge in [0.15, 0.2) is 5.82 Å². The lowest BCUT2D eigenvalue weighted by Gasteiger charge is -2.24. The molecule has 0 radical (unpaired) electrons. The van der Waals surface area contributed by atoms with Crippen LogP contribution in [0.3, 0.4) is 0 Å². The molecule has 0 N–H and O–H groups in total. The lowest BCUT2D eigenvalue weighted by Crippen LogP contribution is -2.15. The van der Waals surface area contributed by atoms with Gasteiger partial charge in [-0.25, -0.2) is 9.97 Å². The molecule has 1 heterocycles. The van der Waals surface area contributed by atoms with Crippen LogP contribution in [0.15, 0.2) is 133 Å². The molecule has 0 bridgehead atoms. The van der Waals surface area contributed by atoms with Crippen LogP contribution < -0.4 is 0 Å². The highest BCUT2D eigenvalue weighted by Gasteiger charge is 2.38. The number of hydrogen-bond acceptors (Lipinski definition) is 2. The summed E-state index contributed by atoms with van der Waals surface area (Å²) in [6, 6.07) is 48.0. The standard InChI is InChI=1S/C41H28N2/c1-41(2)35-24-28-22-27(40-42-36-19-11-10-18-33(36)39(43-40)25-12-4-3-5-13-25)21-20-26(28)23-34(35)37-31-16-8-6-14-29(31)30-15-7-9-17-32(30)38(37)41/h3-24H,1-2H3. The zero-order valence-electron chi connectivity index (χ0n) is 24.1. The fourth-order valence-corrected chi connectivity index (χ4v) is 7.39. The van der Waals surface area contributed by atoms with Crippen molar-refractivity contribution < 1.29 is 0 Å². The first-order valence-electron chi connectivity index (χ1n) is 14.9. The molecular weight excluding hydrogens is 520 g/mol. The van der Waals surface area contributed by atoms with E-state index in [1.54, 1.807) is 0 Å². The van der Waals surface area contributed by atoms with Crippen LogP contribution in [0.4, 0.5) is 0 Å². The molecule has 0 amide bonds. The van der Waals surface area contributed by atoms with Crippen molar-refractivity contribution in [2.45, 2.75) is 19.3 Å². The lowest BCUT2D eigenvalue weighted by atomic mass is 9.79. The molecule has 1 aliphatic rings. The maximum Gasteiger partial charge on any atom is 0.160 e. The zero-order valence-corrected chi connectivity index (χ0v) is 24.1. The summed E-state index contributed by atoms with van der Waals surface area (Å²) < 4.78 is 0. The van der Waals surface area contributed by atoms with E-state index in [1.807, 2.05) is 12.1 Å². The fraction of sp³-hybridized carbons (Fsp3) is 0.0732. The second kappa shape index (κ2) is 8.83. The van der Waals surface area contributed by atoms with Crippen LogP contribution in [-0.2, 0) is 5.41 Å². The van der Waals surface area contributed by atoms with Gasteiger partial charge in [0.2, 0.25) is 0 Å². The Bertz CT molecular complexity index is 2420. The van der Waals surface area contributed by atoms with Gasteiger partial charge in [0.05, 0.1) is 11.2 Å². The van der Waals surface area contributed by atoms with Crippen molar-refractivity contribution in [2.24, 2.45) is 0 Å². The maximum absolute atomic E-state index is 5.14. The van der Waals surface area contributed by atoms with Gasteiger partial charge < -0.3 is 0 Å². The average Bonchev–Trinajstić information content (AvgIpc) is 3.29. The molecule has 0 atom stereocenters. The summed E-state index contributed by atoms with van der Waals surface area (Å²) in [5.41, 5.74) is 9.43. The number of para-hydroxylation sites is 1. The quantitative estimate of drug-likeness (QED) is 0.201. The van der Waals surface area contributed by atoms with Crippen molar-refractivity contribution in [3.8, 4) is 33.8 Å². The van der Waals surface area contributed by atoms with Gasteiger partial charge in [0.25, 0.3) is 0 Å². The Labute approximate surface area is 250 Å². The first kappa shape index (κ1) is 24.3. The number of nitrogens with zero attached hydrogens (tertiary/aromatic N) is 2. The Morgan fingerprint density at radius 2 is 1.14 bits per heavy atom. The zero-order chi connectivity index (χ0) is 28.7. The van der Waals surface area contributed by atoms with Crippen LogP contribution in [0.1, 0.15) is 25.0 Å². The summed E-state index contributed by atoms with van der Waals surface area (Å²) in [6.07, 6.45) is 0. The molecule has 1 aromatic heterocycles. The molecule has 0 aliphatic heterocycles. The molecule has 1 aliphatic carbocycles. The molecule has 2 nitrogen and oxygen atoms in total. The first-order chi connectivity index (χ1) is 21.1. The Kier molecular flexibility index (Phi) is 4.99. The van der Waals surface area contributed by atoms with Gasteiger partial charge in [-0.15, -0.1) is 0 Å². The third kappa shape index (κ3) is 3.47. The highest BCUT2D eigenvalue weighted by atomic mass is 14.9. The molecule has 8 aromatic rings. The largest absolute Gasteiger partial charge is 0.228 e. The van der Waals surface area contributed by atoms with Crippen molar-refractivity contribution in [3.05, 3.63) is 145 Å². The van der Waals surface area contributed by atoms with Crippen molar-refractivity contribution in [2.75, 3.05) is 0 Å².